The summed E-state index contributed by atoms with van der Waals surface area (Å²) in [6.45, 7) is 7.85. The van der Waals surface area contributed by atoms with Crippen LogP contribution in [-0.4, -0.2) is 49.7 Å². The molecule has 0 aromatic carbocycles. The molecule has 0 bridgehead atoms. The third-order valence-electron chi connectivity index (χ3n) is 2.50. The summed E-state index contributed by atoms with van der Waals surface area (Å²) >= 11 is 0. The lowest BCUT2D eigenvalue weighted by molar-refractivity contribution is -0.137. The van der Waals surface area contributed by atoms with Gasteiger partial charge < -0.3 is 15.0 Å². The number of rotatable bonds is 8. The second-order valence-corrected chi connectivity index (χ2v) is 4.35. The van der Waals surface area contributed by atoms with Crippen LogP contribution in [0.2, 0.25) is 0 Å². The third-order valence-corrected chi connectivity index (χ3v) is 2.50. The van der Waals surface area contributed by atoms with Crippen LogP contribution in [0.25, 0.3) is 0 Å². The van der Waals surface area contributed by atoms with E-state index in [1.54, 1.807) is 12.0 Å². The van der Waals surface area contributed by atoms with E-state index < -0.39 is 5.54 Å². The maximum absolute atomic E-state index is 12.3. The van der Waals surface area contributed by atoms with Crippen LogP contribution in [0.5, 0.6) is 0 Å². The molecule has 5 heteroatoms. The highest BCUT2D eigenvalue weighted by Gasteiger charge is 2.30. The quantitative estimate of drug-likeness (QED) is 0.681. The first-order chi connectivity index (χ1) is 7.99. The van der Waals surface area contributed by atoms with Gasteiger partial charge in [0.1, 0.15) is 0 Å². The van der Waals surface area contributed by atoms with E-state index in [4.69, 9.17) is 10.00 Å². The van der Waals surface area contributed by atoms with Crippen LogP contribution in [-0.2, 0) is 9.53 Å². The number of hydrogen-bond donors (Lipinski definition) is 1. The van der Waals surface area contributed by atoms with Crippen molar-refractivity contribution in [1.82, 2.24) is 10.2 Å². The van der Waals surface area contributed by atoms with Gasteiger partial charge in [-0.25, -0.2) is 0 Å². The molecule has 0 unspecified atom stereocenters. The van der Waals surface area contributed by atoms with E-state index in [-0.39, 0.29) is 5.91 Å². The molecule has 0 radical (unpaired) electrons. The summed E-state index contributed by atoms with van der Waals surface area (Å²) in [5.74, 6) is 0.00616. The van der Waals surface area contributed by atoms with E-state index in [0.717, 1.165) is 6.54 Å². The van der Waals surface area contributed by atoms with Gasteiger partial charge >= 0.3 is 0 Å². The lowest BCUT2D eigenvalue weighted by atomic mass is 10.0. The van der Waals surface area contributed by atoms with Crippen LogP contribution in [0.1, 0.15) is 27.2 Å². The fraction of sp³-hybridized carbons (Fsp3) is 0.833. The number of nitriles is 1. The molecule has 0 aliphatic heterocycles. The number of ether oxygens (including phenoxy) is 1. The average Bonchev–Trinajstić information content (AvgIpc) is 2.28. The molecule has 1 N–H and O–H groups in total. The van der Waals surface area contributed by atoms with E-state index >= 15 is 0 Å². The SMILES string of the molecule is CCNC(C)(C)C(=O)N(CCC#N)CCOC. The predicted molar refractivity (Wildman–Crippen MR) is 66.4 cm³/mol. The van der Waals surface area contributed by atoms with Gasteiger partial charge in [0.15, 0.2) is 0 Å². The van der Waals surface area contributed by atoms with E-state index in [1.165, 1.54) is 0 Å². The van der Waals surface area contributed by atoms with Gasteiger partial charge in [0, 0.05) is 20.2 Å². The van der Waals surface area contributed by atoms with Gasteiger partial charge in [0.25, 0.3) is 0 Å². The van der Waals surface area contributed by atoms with Crippen molar-refractivity contribution < 1.29 is 9.53 Å². The molecule has 0 atom stereocenters. The Hall–Kier alpha value is -1.12. The molecule has 0 fully saturated rings. The van der Waals surface area contributed by atoms with Gasteiger partial charge in [0.2, 0.25) is 5.91 Å². The second kappa shape index (κ2) is 8.04. The maximum Gasteiger partial charge on any atom is 0.242 e. The summed E-state index contributed by atoms with van der Waals surface area (Å²) in [4.78, 5) is 13.9. The summed E-state index contributed by atoms with van der Waals surface area (Å²) in [6, 6.07) is 2.06. The molecular weight excluding hydrogens is 218 g/mol. The molecule has 0 saturated heterocycles. The lowest BCUT2D eigenvalue weighted by Crippen LogP contribution is -2.54. The Labute approximate surface area is 104 Å². The summed E-state index contributed by atoms with van der Waals surface area (Å²) in [7, 11) is 1.60. The first-order valence-electron chi connectivity index (χ1n) is 5.89. The van der Waals surface area contributed by atoms with E-state index in [2.05, 4.69) is 11.4 Å². The Bertz CT molecular complexity index is 271. The van der Waals surface area contributed by atoms with Gasteiger partial charge in [0.05, 0.1) is 24.6 Å². The molecule has 0 spiro atoms. The van der Waals surface area contributed by atoms with Crippen LogP contribution in [0, 0.1) is 11.3 Å². The molecule has 0 rings (SSSR count). The highest BCUT2D eigenvalue weighted by molar-refractivity contribution is 5.85. The Morgan fingerprint density at radius 1 is 1.47 bits per heavy atom. The molecule has 0 aromatic rings. The van der Waals surface area contributed by atoms with Crippen LogP contribution in [0.3, 0.4) is 0 Å². The average molecular weight is 241 g/mol. The minimum Gasteiger partial charge on any atom is -0.383 e. The van der Waals surface area contributed by atoms with E-state index in [0.29, 0.717) is 26.1 Å². The second-order valence-electron chi connectivity index (χ2n) is 4.35. The number of methoxy groups -OCH3 is 1. The Morgan fingerprint density at radius 3 is 2.59 bits per heavy atom. The van der Waals surface area contributed by atoms with E-state index in [1.807, 2.05) is 20.8 Å². The number of likely N-dealkylation sites (N-methyl/N-ethyl adjacent to an activating group) is 1. The summed E-state index contributed by atoms with van der Waals surface area (Å²) < 4.78 is 4.98. The summed E-state index contributed by atoms with van der Waals surface area (Å²) in [5.41, 5.74) is -0.599. The van der Waals surface area contributed by atoms with Crippen molar-refractivity contribution in [2.24, 2.45) is 0 Å². The smallest absolute Gasteiger partial charge is 0.242 e. The predicted octanol–water partition coefficient (Wildman–Crippen LogP) is 0.763. The Morgan fingerprint density at radius 2 is 2.12 bits per heavy atom. The summed E-state index contributed by atoms with van der Waals surface area (Å²) in [5, 5.41) is 11.7. The minimum absolute atomic E-state index is 0.00616. The van der Waals surface area contributed by atoms with Crippen molar-refractivity contribution in [3.63, 3.8) is 0 Å². The molecule has 0 saturated carbocycles. The van der Waals surface area contributed by atoms with Crippen LogP contribution < -0.4 is 5.32 Å². The molecule has 5 nitrogen and oxygen atoms in total. The first-order valence-corrected chi connectivity index (χ1v) is 5.89. The lowest BCUT2D eigenvalue weighted by Gasteiger charge is -2.32. The van der Waals surface area contributed by atoms with Gasteiger partial charge in [-0.05, 0) is 20.4 Å². The zero-order chi connectivity index (χ0) is 13.3. The van der Waals surface area contributed by atoms with Crippen LogP contribution >= 0.6 is 0 Å². The normalized spacial score (nSPS) is 11.0. The molecule has 1 amide bonds. The zero-order valence-corrected chi connectivity index (χ0v) is 11.2. The molecule has 98 valence electrons. The van der Waals surface area contributed by atoms with Crippen LogP contribution in [0.15, 0.2) is 0 Å². The third kappa shape index (κ3) is 5.66. The number of hydrogen-bond acceptors (Lipinski definition) is 4. The Balaban J connectivity index is 4.55. The topological polar surface area (TPSA) is 65.4 Å². The van der Waals surface area contributed by atoms with Gasteiger partial charge in [-0.2, -0.15) is 5.26 Å². The minimum atomic E-state index is -0.599. The largest absolute Gasteiger partial charge is 0.383 e. The molecule has 0 aliphatic rings. The molecule has 0 aliphatic carbocycles. The van der Waals surface area contributed by atoms with Gasteiger partial charge in [-0.3, -0.25) is 4.79 Å². The van der Waals surface area contributed by atoms with Crippen molar-refractivity contribution >= 4 is 5.91 Å². The van der Waals surface area contributed by atoms with Crippen molar-refractivity contribution in [3.05, 3.63) is 0 Å². The van der Waals surface area contributed by atoms with Gasteiger partial charge in [-0.1, -0.05) is 6.92 Å². The first kappa shape index (κ1) is 15.9. The monoisotopic (exact) mass is 241 g/mol. The number of carbonyl (C=O) groups is 1. The van der Waals surface area contributed by atoms with E-state index in [9.17, 15) is 4.79 Å². The molecule has 17 heavy (non-hydrogen) atoms. The van der Waals surface area contributed by atoms with Gasteiger partial charge in [-0.15, -0.1) is 0 Å². The van der Waals surface area contributed by atoms with Crippen molar-refractivity contribution in [1.29, 1.82) is 5.26 Å². The molecule has 0 heterocycles. The highest BCUT2D eigenvalue weighted by Crippen LogP contribution is 2.08. The number of amides is 1. The zero-order valence-electron chi connectivity index (χ0n) is 11.2. The maximum atomic E-state index is 12.3. The fourth-order valence-corrected chi connectivity index (χ4v) is 1.61. The summed E-state index contributed by atoms with van der Waals surface area (Å²) in [6.07, 6.45) is 0.345. The number of nitrogens with zero attached hydrogens (tertiary/aromatic N) is 2. The fourth-order valence-electron chi connectivity index (χ4n) is 1.61. The van der Waals surface area contributed by atoms with Crippen molar-refractivity contribution in [2.45, 2.75) is 32.7 Å². The van der Waals surface area contributed by atoms with Crippen molar-refractivity contribution in [2.75, 3.05) is 33.4 Å². The molecular formula is C12H23N3O2. The van der Waals surface area contributed by atoms with Crippen LogP contribution in [0.4, 0.5) is 0 Å². The van der Waals surface area contributed by atoms with Crippen molar-refractivity contribution in [3.8, 4) is 6.07 Å². The Kier molecular flexibility index (Phi) is 7.51. The molecule has 0 aromatic heterocycles. The standard InChI is InChI=1S/C12H23N3O2/c1-5-14-12(2,3)11(16)15(8-6-7-13)9-10-17-4/h14H,5-6,8-10H2,1-4H3. The number of nitrogens with one attached hydrogen (secondary N) is 1. The number of carbonyl (C=O) groups excluding carboxylic acids is 1. The highest BCUT2D eigenvalue weighted by atomic mass is 16.5.